The van der Waals surface area contributed by atoms with E-state index in [9.17, 15) is 5.11 Å². The van der Waals surface area contributed by atoms with Crippen molar-refractivity contribution < 1.29 is 5.11 Å². The van der Waals surface area contributed by atoms with Crippen LogP contribution in [-0.4, -0.2) is 10.1 Å². The van der Waals surface area contributed by atoms with Crippen molar-refractivity contribution in [1.82, 2.24) is 4.98 Å². The first-order valence-electron chi connectivity index (χ1n) is 6.41. The largest absolute Gasteiger partial charge is 0.381 e. The minimum absolute atomic E-state index is 0.818. The lowest BCUT2D eigenvalue weighted by molar-refractivity contribution is 0.103. The second-order valence-corrected chi connectivity index (χ2v) is 5.90. The second-order valence-electron chi connectivity index (χ2n) is 4.99. The minimum Gasteiger partial charge on any atom is -0.381 e. The highest BCUT2D eigenvalue weighted by atomic mass is 79.9. The van der Waals surface area contributed by atoms with E-state index in [1.54, 1.807) is 13.1 Å². The molecule has 1 unspecified atom stereocenters. The second kappa shape index (κ2) is 5.00. The van der Waals surface area contributed by atoms with E-state index in [-0.39, 0.29) is 0 Å². The number of hydrogen-bond donors (Lipinski definition) is 1. The van der Waals surface area contributed by atoms with Gasteiger partial charge in [0.25, 0.3) is 0 Å². The van der Waals surface area contributed by atoms with Gasteiger partial charge in [0.1, 0.15) is 5.60 Å². The van der Waals surface area contributed by atoms with Gasteiger partial charge in [0.2, 0.25) is 0 Å². The molecule has 0 aliphatic rings. The molecule has 3 aromatic rings. The normalized spacial score (nSPS) is 14.2. The maximum Gasteiger partial charge on any atom is 0.114 e. The number of fused-ring (bicyclic) bond motifs is 1. The smallest absolute Gasteiger partial charge is 0.114 e. The number of benzene rings is 2. The number of aliphatic hydroxyl groups is 1. The summed E-state index contributed by atoms with van der Waals surface area (Å²) in [7, 11) is 0. The monoisotopic (exact) mass is 327 g/mol. The molecule has 1 heterocycles. The van der Waals surface area contributed by atoms with Gasteiger partial charge in [-0.25, -0.2) is 0 Å². The average molecular weight is 328 g/mol. The lowest BCUT2D eigenvalue weighted by Crippen LogP contribution is -2.23. The number of pyridine rings is 1. The van der Waals surface area contributed by atoms with Crippen LogP contribution in [0.25, 0.3) is 10.8 Å². The van der Waals surface area contributed by atoms with Crippen LogP contribution in [-0.2, 0) is 5.60 Å². The summed E-state index contributed by atoms with van der Waals surface area (Å²) in [6.45, 7) is 1.81. The number of nitrogens with zero attached hydrogens (tertiary/aromatic N) is 1. The third-order valence-electron chi connectivity index (χ3n) is 3.60. The molecule has 0 spiro atoms. The predicted octanol–water partition coefficient (Wildman–Crippen LogP) is 4.25. The van der Waals surface area contributed by atoms with E-state index < -0.39 is 5.60 Å². The van der Waals surface area contributed by atoms with Crippen LogP contribution < -0.4 is 0 Å². The fourth-order valence-corrected chi connectivity index (χ4v) is 2.70. The zero-order valence-corrected chi connectivity index (χ0v) is 12.6. The highest BCUT2D eigenvalue weighted by molar-refractivity contribution is 9.10. The van der Waals surface area contributed by atoms with Crippen LogP contribution in [0.15, 0.2) is 65.4 Å². The molecule has 0 fully saturated rings. The number of rotatable bonds is 2. The Morgan fingerprint density at radius 1 is 1.00 bits per heavy atom. The zero-order chi connectivity index (χ0) is 14.2. The number of aromatic nitrogens is 1. The Kier molecular flexibility index (Phi) is 3.32. The van der Waals surface area contributed by atoms with Crippen LogP contribution in [0.2, 0.25) is 0 Å². The lowest BCUT2D eigenvalue weighted by Gasteiger charge is -2.25. The van der Waals surface area contributed by atoms with Gasteiger partial charge >= 0.3 is 0 Å². The summed E-state index contributed by atoms with van der Waals surface area (Å²) in [5.74, 6) is 0. The van der Waals surface area contributed by atoms with Gasteiger partial charge in [-0.05, 0) is 30.0 Å². The molecule has 0 bridgehead atoms. The Bertz CT molecular complexity index is 745. The van der Waals surface area contributed by atoms with Crippen molar-refractivity contribution in [2.24, 2.45) is 0 Å². The topological polar surface area (TPSA) is 33.1 Å². The third kappa shape index (κ3) is 2.23. The van der Waals surface area contributed by atoms with Crippen molar-refractivity contribution in [3.05, 3.63) is 76.5 Å². The molecule has 2 aromatic carbocycles. The summed E-state index contributed by atoms with van der Waals surface area (Å²) in [6.07, 6.45) is 3.56. The van der Waals surface area contributed by atoms with Crippen molar-refractivity contribution in [2.75, 3.05) is 0 Å². The molecule has 1 aromatic heterocycles. The van der Waals surface area contributed by atoms with Gasteiger partial charge in [-0.2, -0.15) is 0 Å². The summed E-state index contributed by atoms with van der Waals surface area (Å²) < 4.78 is 0.994. The molecule has 0 saturated heterocycles. The molecular formula is C17H14BrNO. The molecule has 0 saturated carbocycles. The fraction of sp³-hybridized carbons (Fsp3) is 0.118. The van der Waals surface area contributed by atoms with Gasteiger partial charge in [0.05, 0.1) is 0 Å². The lowest BCUT2D eigenvalue weighted by atomic mass is 9.86. The Hall–Kier alpha value is -1.71. The highest BCUT2D eigenvalue weighted by Crippen LogP contribution is 2.33. The Balaban J connectivity index is 2.20. The van der Waals surface area contributed by atoms with E-state index in [0.29, 0.717) is 0 Å². The van der Waals surface area contributed by atoms with Gasteiger partial charge in [0.15, 0.2) is 0 Å². The Labute approximate surface area is 126 Å². The van der Waals surface area contributed by atoms with Gasteiger partial charge in [0, 0.05) is 27.8 Å². The minimum atomic E-state index is -1.07. The molecule has 100 valence electrons. The van der Waals surface area contributed by atoms with E-state index in [4.69, 9.17) is 0 Å². The number of halogens is 1. The molecule has 0 aliphatic carbocycles. The predicted molar refractivity (Wildman–Crippen MR) is 84.6 cm³/mol. The highest BCUT2D eigenvalue weighted by Gasteiger charge is 2.27. The Morgan fingerprint density at radius 3 is 2.45 bits per heavy atom. The number of hydrogen-bond acceptors (Lipinski definition) is 2. The molecule has 20 heavy (non-hydrogen) atoms. The molecule has 0 radical (unpaired) electrons. The van der Waals surface area contributed by atoms with E-state index in [0.717, 1.165) is 26.4 Å². The van der Waals surface area contributed by atoms with Crippen LogP contribution in [0.4, 0.5) is 0 Å². The van der Waals surface area contributed by atoms with Crippen molar-refractivity contribution >= 4 is 26.7 Å². The van der Waals surface area contributed by atoms with E-state index in [1.165, 1.54) is 0 Å². The molecule has 3 heteroatoms. The van der Waals surface area contributed by atoms with Crippen LogP contribution in [0.1, 0.15) is 18.1 Å². The average Bonchev–Trinajstić information content (AvgIpc) is 2.47. The van der Waals surface area contributed by atoms with E-state index in [2.05, 4.69) is 20.9 Å². The van der Waals surface area contributed by atoms with Crippen LogP contribution in [0.5, 0.6) is 0 Å². The van der Waals surface area contributed by atoms with Gasteiger partial charge in [-0.3, -0.25) is 4.98 Å². The summed E-state index contributed by atoms with van der Waals surface area (Å²) in [6, 6.07) is 15.7. The summed E-state index contributed by atoms with van der Waals surface area (Å²) in [4.78, 5) is 4.25. The van der Waals surface area contributed by atoms with Crippen molar-refractivity contribution in [1.29, 1.82) is 0 Å². The van der Waals surface area contributed by atoms with Gasteiger partial charge in [-0.1, -0.05) is 52.3 Å². The van der Waals surface area contributed by atoms with Crippen LogP contribution in [0, 0.1) is 0 Å². The molecule has 3 rings (SSSR count). The first kappa shape index (κ1) is 13.3. The molecule has 0 amide bonds. The van der Waals surface area contributed by atoms with Crippen LogP contribution in [0.3, 0.4) is 0 Å². The molecule has 0 aliphatic heterocycles. The van der Waals surface area contributed by atoms with E-state index >= 15 is 0 Å². The summed E-state index contributed by atoms with van der Waals surface area (Å²) >= 11 is 3.41. The maximum absolute atomic E-state index is 11.0. The SMILES string of the molecule is CC(O)(c1ccc(Br)cc1)c1cncc2ccccc12. The first-order chi connectivity index (χ1) is 9.59. The molecular weight excluding hydrogens is 314 g/mol. The molecule has 1 N–H and O–H groups in total. The summed E-state index contributed by atoms with van der Waals surface area (Å²) in [5.41, 5.74) is 0.589. The quantitative estimate of drug-likeness (QED) is 0.763. The van der Waals surface area contributed by atoms with Crippen LogP contribution >= 0.6 is 15.9 Å². The zero-order valence-electron chi connectivity index (χ0n) is 11.0. The van der Waals surface area contributed by atoms with Crippen molar-refractivity contribution in [2.45, 2.75) is 12.5 Å². The van der Waals surface area contributed by atoms with Gasteiger partial charge in [-0.15, -0.1) is 0 Å². The molecule has 2 nitrogen and oxygen atoms in total. The first-order valence-corrected chi connectivity index (χ1v) is 7.20. The van der Waals surface area contributed by atoms with Gasteiger partial charge < -0.3 is 5.11 Å². The standard InChI is InChI=1S/C17H14BrNO/c1-17(20,13-6-8-14(18)9-7-13)16-11-19-10-12-4-2-3-5-15(12)16/h2-11,20H,1H3. The summed E-state index contributed by atoms with van der Waals surface area (Å²) in [5, 5.41) is 13.0. The van der Waals surface area contributed by atoms with Crippen molar-refractivity contribution in [3.8, 4) is 0 Å². The van der Waals surface area contributed by atoms with Crippen molar-refractivity contribution in [3.63, 3.8) is 0 Å². The van der Waals surface area contributed by atoms with E-state index in [1.807, 2.05) is 54.7 Å². The third-order valence-corrected chi connectivity index (χ3v) is 4.13. The Morgan fingerprint density at radius 2 is 1.70 bits per heavy atom. The fourth-order valence-electron chi connectivity index (χ4n) is 2.43. The maximum atomic E-state index is 11.0. The molecule has 1 atom stereocenters.